The largest absolute Gasteiger partial charge is 0.376 e. The third-order valence-electron chi connectivity index (χ3n) is 3.36. The van der Waals surface area contributed by atoms with Crippen LogP contribution in [0.25, 0.3) is 0 Å². The second kappa shape index (κ2) is 6.76. The van der Waals surface area contributed by atoms with Crippen molar-refractivity contribution >= 4 is 33.2 Å². The topological polar surface area (TPSA) is 41.1 Å². The maximum Gasteiger partial charge on any atom is 0.243 e. The van der Waals surface area contributed by atoms with Crippen molar-refractivity contribution in [3.8, 4) is 0 Å². The minimum atomic E-state index is -0.0482. The first-order valence-electron chi connectivity index (χ1n) is 6.83. The number of carbonyl (C=O) groups is 1. The predicted molar refractivity (Wildman–Crippen MR) is 91.9 cm³/mol. The summed E-state index contributed by atoms with van der Waals surface area (Å²) in [5, 5.41) is 6.10. The first kappa shape index (κ1) is 15.6. The summed E-state index contributed by atoms with van der Waals surface area (Å²) >= 11 is 3.46. The second-order valence-electron chi connectivity index (χ2n) is 5.13. The number of amides is 1. The number of hydrogen-bond acceptors (Lipinski definition) is 2. The molecule has 0 aliphatic heterocycles. The van der Waals surface area contributed by atoms with E-state index >= 15 is 0 Å². The molecule has 21 heavy (non-hydrogen) atoms. The Morgan fingerprint density at radius 3 is 2.33 bits per heavy atom. The van der Waals surface area contributed by atoms with Crippen molar-refractivity contribution in [3.63, 3.8) is 0 Å². The van der Waals surface area contributed by atoms with Gasteiger partial charge in [-0.3, -0.25) is 4.79 Å². The van der Waals surface area contributed by atoms with Gasteiger partial charge in [-0.05, 0) is 55.7 Å². The molecule has 0 bridgehead atoms. The Morgan fingerprint density at radius 1 is 1.05 bits per heavy atom. The van der Waals surface area contributed by atoms with E-state index in [2.05, 4.69) is 26.6 Å². The lowest BCUT2D eigenvalue weighted by Gasteiger charge is -2.12. The van der Waals surface area contributed by atoms with Gasteiger partial charge in [-0.25, -0.2) is 0 Å². The molecule has 0 aromatic heterocycles. The molecule has 2 aromatic rings. The number of benzene rings is 2. The van der Waals surface area contributed by atoms with Crippen LogP contribution >= 0.6 is 15.9 Å². The van der Waals surface area contributed by atoms with Crippen LogP contribution in [-0.4, -0.2) is 12.5 Å². The summed E-state index contributed by atoms with van der Waals surface area (Å²) in [7, 11) is 0. The summed E-state index contributed by atoms with van der Waals surface area (Å²) in [5.41, 5.74) is 5.12. The Labute approximate surface area is 133 Å². The summed E-state index contributed by atoms with van der Waals surface area (Å²) in [4.78, 5) is 12.1. The van der Waals surface area contributed by atoms with Gasteiger partial charge in [0.2, 0.25) is 5.91 Å². The van der Waals surface area contributed by atoms with Crippen LogP contribution in [0.15, 0.2) is 40.9 Å². The molecule has 0 fully saturated rings. The Balaban J connectivity index is 1.97. The molecular weight excluding hydrogens is 328 g/mol. The molecule has 0 spiro atoms. The number of para-hydroxylation sites is 1. The molecule has 2 aromatic carbocycles. The van der Waals surface area contributed by atoms with Crippen LogP contribution in [0.2, 0.25) is 0 Å². The zero-order valence-electron chi connectivity index (χ0n) is 12.5. The number of nitrogens with one attached hydrogen (secondary N) is 2. The Bertz CT molecular complexity index is 648. The van der Waals surface area contributed by atoms with E-state index in [1.807, 2.05) is 57.2 Å². The molecule has 1 amide bonds. The zero-order chi connectivity index (χ0) is 15.4. The fourth-order valence-corrected chi connectivity index (χ4v) is 2.38. The lowest BCUT2D eigenvalue weighted by atomic mass is 10.1. The van der Waals surface area contributed by atoms with Crippen molar-refractivity contribution in [3.05, 3.63) is 57.6 Å². The quantitative estimate of drug-likeness (QED) is 0.859. The minimum Gasteiger partial charge on any atom is -0.376 e. The van der Waals surface area contributed by atoms with Gasteiger partial charge in [0.05, 0.1) is 6.54 Å². The summed E-state index contributed by atoms with van der Waals surface area (Å²) < 4.78 is 1.06. The van der Waals surface area contributed by atoms with Crippen LogP contribution in [0.5, 0.6) is 0 Å². The number of rotatable bonds is 4. The third-order valence-corrected chi connectivity index (χ3v) is 4.25. The maximum atomic E-state index is 12.1. The Hall–Kier alpha value is -1.81. The molecule has 110 valence electrons. The normalized spacial score (nSPS) is 10.3. The molecular formula is C17H19BrN2O. The number of carbonyl (C=O) groups excluding carboxylic acids is 1. The maximum absolute atomic E-state index is 12.1. The number of halogens is 1. The van der Waals surface area contributed by atoms with Gasteiger partial charge in [0.1, 0.15) is 0 Å². The van der Waals surface area contributed by atoms with E-state index in [0.29, 0.717) is 0 Å². The standard InChI is InChI=1S/C17H19BrN2O/c1-11-5-4-6-12(2)17(11)20-16(21)10-19-14-7-8-15(18)13(3)9-14/h4-9,19H,10H2,1-3H3,(H,20,21). The summed E-state index contributed by atoms with van der Waals surface area (Å²) in [6.45, 7) is 6.25. The minimum absolute atomic E-state index is 0.0482. The SMILES string of the molecule is Cc1cc(NCC(=O)Nc2c(C)cccc2C)ccc1Br. The van der Waals surface area contributed by atoms with E-state index < -0.39 is 0 Å². The van der Waals surface area contributed by atoms with Gasteiger partial charge >= 0.3 is 0 Å². The summed E-state index contributed by atoms with van der Waals surface area (Å²) in [5.74, 6) is -0.0482. The molecule has 3 nitrogen and oxygen atoms in total. The molecule has 0 atom stereocenters. The van der Waals surface area contributed by atoms with Gasteiger partial charge in [0, 0.05) is 15.8 Å². The highest BCUT2D eigenvalue weighted by molar-refractivity contribution is 9.10. The van der Waals surface area contributed by atoms with Crippen LogP contribution in [-0.2, 0) is 4.79 Å². The average molecular weight is 347 g/mol. The van der Waals surface area contributed by atoms with Crippen molar-refractivity contribution in [1.29, 1.82) is 0 Å². The van der Waals surface area contributed by atoms with Crippen molar-refractivity contribution < 1.29 is 4.79 Å². The van der Waals surface area contributed by atoms with E-state index in [4.69, 9.17) is 0 Å². The van der Waals surface area contributed by atoms with E-state index in [9.17, 15) is 4.79 Å². The molecule has 0 unspecified atom stereocenters. The van der Waals surface area contributed by atoms with Crippen molar-refractivity contribution in [2.24, 2.45) is 0 Å². The lowest BCUT2D eigenvalue weighted by molar-refractivity contribution is -0.114. The van der Waals surface area contributed by atoms with Crippen LogP contribution in [0, 0.1) is 20.8 Å². The van der Waals surface area contributed by atoms with E-state index in [0.717, 1.165) is 32.5 Å². The molecule has 0 heterocycles. The van der Waals surface area contributed by atoms with E-state index in [-0.39, 0.29) is 12.5 Å². The van der Waals surface area contributed by atoms with Crippen LogP contribution in [0.1, 0.15) is 16.7 Å². The van der Waals surface area contributed by atoms with Gasteiger partial charge in [-0.2, -0.15) is 0 Å². The number of hydrogen-bond donors (Lipinski definition) is 2. The molecule has 0 radical (unpaired) electrons. The molecule has 4 heteroatoms. The Morgan fingerprint density at radius 2 is 1.71 bits per heavy atom. The lowest BCUT2D eigenvalue weighted by Crippen LogP contribution is -2.22. The van der Waals surface area contributed by atoms with Gasteiger partial charge in [0.15, 0.2) is 0 Å². The van der Waals surface area contributed by atoms with Crippen molar-refractivity contribution in [1.82, 2.24) is 0 Å². The average Bonchev–Trinajstić information content (AvgIpc) is 2.44. The molecule has 0 saturated heterocycles. The smallest absolute Gasteiger partial charge is 0.243 e. The van der Waals surface area contributed by atoms with Crippen molar-refractivity contribution in [2.75, 3.05) is 17.2 Å². The van der Waals surface area contributed by atoms with Gasteiger partial charge in [0.25, 0.3) is 0 Å². The predicted octanol–water partition coefficient (Wildman–Crippen LogP) is 4.42. The number of anilines is 2. The van der Waals surface area contributed by atoms with Gasteiger partial charge in [-0.1, -0.05) is 34.1 Å². The zero-order valence-corrected chi connectivity index (χ0v) is 14.0. The molecule has 0 saturated carbocycles. The summed E-state index contributed by atoms with van der Waals surface area (Å²) in [6, 6.07) is 11.9. The molecule has 2 N–H and O–H groups in total. The highest BCUT2D eigenvalue weighted by Crippen LogP contribution is 2.21. The molecule has 2 rings (SSSR count). The first-order chi connectivity index (χ1) is 9.97. The highest BCUT2D eigenvalue weighted by Gasteiger charge is 2.07. The van der Waals surface area contributed by atoms with E-state index in [1.54, 1.807) is 0 Å². The fourth-order valence-electron chi connectivity index (χ4n) is 2.13. The monoisotopic (exact) mass is 346 g/mol. The van der Waals surface area contributed by atoms with Crippen LogP contribution in [0.4, 0.5) is 11.4 Å². The first-order valence-corrected chi connectivity index (χ1v) is 7.63. The Kier molecular flexibility index (Phi) is 5.02. The van der Waals surface area contributed by atoms with Crippen molar-refractivity contribution in [2.45, 2.75) is 20.8 Å². The fraction of sp³-hybridized carbons (Fsp3) is 0.235. The highest BCUT2D eigenvalue weighted by atomic mass is 79.9. The second-order valence-corrected chi connectivity index (χ2v) is 5.99. The third kappa shape index (κ3) is 4.08. The van der Waals surface area contributed by atoms with Crippen LogP contribution in [0.3, 0.4) is 0 Å². The summed E-state index contributed by atoms with van der Waals surface area (Å²) in [6.07, 6.45) is 0. The van der Waals surface area contributed by atoms with Gasteiger partial charge in [-0.15, -0.1) is 0 Å². The number of aryl methyl sites for hydroxylation is 3. The molecule has 0 aliphatic carbocycles. The van der Waals surface area contributed by atoms with Gasteiger partial charge < -0.3 is 10.6 Å². The molecule has 0 aliphatic rings. The van der Waals surface area contributed by atoms with Crippen LogP contribution < -0.4 is 10.6 Å². The van der Waals surface area contributed by atoms with E-state index in [1.165, 1.54) is 0 Å².